The van der Waals surface area contributed by atoms with Gasteiger partial charge in [-0.2, -0.15) is 0 Å². The highest BCUT2D eigenvalue weighted by Crippen LogP contribution is 2.18. The molecule has 58 valence electrons. The lowest BCUT2D eigenvalue weighted by atomic mass is 10.3. The molecular formula is C8H7ClO2. The van der Waals surface area contributed by atoms with Crippen LogP contribution < -0.4 is 4.74 Å². The van der Waals surface area contributed by atoms with Crippen LogP contribution in [0.3, 0.4) is 0 Å². The molecular weight excluding hydrogens is 164 g/mol. The molecule has 0 saturated heterocycles. The molecule has 1 aromatic carbocycles. The molecule has 0 radical (unpaired) electrons. The van der Waals surface area contributed by atoms with E-state index in [9.17, 15) is 0 Å². The van der Waals surface area contributed by atoms with Gasteiger partial charge >= 0.3 is 0 Å². The summed E-state index contributed by atoms with van der Waals surface area (Å²) >= 11 is 5.37. The topological polar surface area (TPSA) is 29.5 Å². The Kier molecular flexibility index (Phi) is 2.39. The standard InChI is InChI=1S/C8H7ClO2/c1-6(9)11-8-4-2-7(10)3-5-8/h2-5,10H,1H2. The van der Waals surface area contributed by atoms with E-state index in [0.717, 1.165) is 0 Å². The second-order valence-electron chi connectivity index (χ2n) is 1.95. The molecule has 11 heavy (non-hydrogen) atoms. The molecule has 1 rings (SSSR count). The van der Waals surface area contributed by atoms with E-state index in [4.69, 9.17) is 21.4 Å². The van der Waals surface area contributed by atoms with Crippen LogP contribution in [0.5, 0.6) is 11.5 Å². The van der Waals surface area contributed by atoms with Crippen molar-refractivity contribution in [2.24, 2.45) is 0 Å². The summed E-state index contributed by atoms with van der Waals surface area (Å²) in [7, 11) is 0. The van der Waals surface area contributed by atoms with Crippen molar-refractivity contribution in [1.82, 2.24) is 0 Å². The van der Waals surface area contributed by atoms with Crippen molar-refractivity contribution in [1.29, 1.82) is 0 Å². The van der Waals surface area contributed by atoms with E-state index in [1.165, 1.54) is 12.1 Å². The maximum absolute atomic E-state index is 8.88. The van der Waals surface area contributed by atoms with Crippen LogP contribution in [0.1, 0.15) is 0 Å². The predicted octanol–water partition coefficient (Wildman–Crippen LogP) is 2.48. The monoisotopic (exact) mass is 170 g/mol. The summed E-state index contributed by atoms with van der Waals surface area (Å²) < 4.78 is 4.93. The third-order valence-corrected chi connectivity index (χ3v) is 1.14. The highest BCUT2D eigenvalue weighted by molar-refractivity contribution is 6.28. The fraction of sp³-hybridized carbons (Fsp3) is 0. The fourth-order valence-corrected chi connectivity index (χ4v) is 0.731. The summed E-state index contributed by atoms with van der Waals surface area (Å²) in [6.07, 6.45) is 0. The molecule has 0 aromatic heterocycles. The summed E-state index contributed by atoms with van der Waals surface area (Å²) in [6, 6.07) is 6.22. The van der Waals surface area contributed by atoms with E-state index in [0.29, 0.717) is 5.75 Å². The van der Waals surface area contributed by atoms with Gasteiger partial charge in [-0.05, 0) is 42.4 Å². The van der Waals surface area contributed by atoms with E-state index >= 15 is 0 Å². The molecule has 0 unspecified atom stereocenters. The summed E-state index contributed by atoms with van der Waals surface area (Å²) in [5, 5.41) is 8.99. The molecule has 0 spiro atoms. The third-order valence-electron chi connectivity index (χ3n) is 1.07. The van der Waals surface area contributed by atoms with Gasteiger partial charge in [-0.1, -0.05) is 0 Å². The van der Waals surface area contributed by atoms with Gasteiger partial charge in [0, 0.05) is 0 Å². The van der Waals surface area contributed by atoms with Crippen molar-refractivity contribution in [2.75, 3.05) is 0 Å². The number of phenols is 1. The Morgan fingerprint density at radius 2 is 1.91 bits per heavy atom. The normalized spacial score (nSPS) is 9.18. The fourth-order valence-electron chi connectivity index (χ4n) is 0.642. The first kappa shape index (κ1) is 7.95. The molecule has 0 amide bonds. The van der Waals surface area contributed by atoms with E-state index in [-0.39, 0.29) is 11.0 Å². The van der Waals surface area contributed by atoms with Crippen molar-refractivity contribution >= 4 is 11.6 Å². The molecule has 0 saturated carbocycles. The summed E-state index contributed by atoms with van der Waals surface area (Å²) in [5.74, 6) is 0.750. The number of phenolic OH excluding ortho intramolecular Hbond substituents is 1. The largest absolute Gasteiger partial charge is 0.508 e. The average molecular weight is 171 g/mol. The second kappa shape index (κ2) is 3.30. The van der Waals surface area contributed by atoms with Crippen LogP contribution in [0.25, 0.3) is 0 Å². The summed E-state index contributed by atoms with van der Waals surface area (Å²) in [4.78, 5) is 0. The molecule has 3 heteroatoms. The zero-order valence-corrected chi connectivity index (χ0v) is 6.51. The quantitative estimate of drug-likeness (QED) is 0.691. The van der Waals surface area contributed by atoms with Gasteiger partial charge in [-0.3, -0.25) is 0 Å². The van der Waals surface area contributed by atoms with Crippen LogP contribution in [0.15, 0.2) is 36.1 Å². The third kappa shape index (κ3) is 2.51. The molecule has 0 fully saturated rings. The van der Waals surface area contributed by atoms with Crippen LogP contribution in [-0.4, -0.2) is 5.11 Å². The van der Waals surface area contributed by atoms with E-state index < -0.39 is 0 Å². The number of hydrogen-bond donors (Lipinski definition) is 1. The first-order chi connectivity index (χ1) is 5.18. The maximum Gasteiger partial charge on any atom is 0.186 e. The zero-order chi connectivity index (χ0) is 8.27. The molecule has 0 heterocycles. The van der Waals surface area contributed by atoms with Crippen molar-refractivity contribution in [3.8, 4) is 11.5 Å². The predicted molar refractivity (Wildman–Crippen MR) is 43.7 cm³/mol. The van der Waals surface area contributed by atoms with Crippen LogP contribution in [0, 0.1) is 0 Å². The van der Waals surface area contributed by atoms with E-state index in [1.807, 2.05) is 0 Å². The Morgan fingerprint density at radius 1 is 1.36 bits per heavy atom. The molecule has 0 aliphatic carbocycles. The lowest BCUT2D eigenvalue weighted by Crippen LogP contribution is -1.84. The summed E-state index contributed by atoms with van der Waals surface area (Å²) in [5.41, 5.74) is 0. The molecule has 0 bridgehead atoms. The number of rotatable bonds is 2. The first-order valence-corrected chi connectivity index (χ1v) is 3.37. The minimum Gasteiger partial charge on any atom is -0.508 e. The van der Waals surface area contributed by atoms with Gasteiger partial charge in [0.05, 0.1) is 0 Å². The zero-order valence-electron chi connectivity index (χ0n) is 5.75. The molecule has 1 aromatic rings. The molecule has 0 aliphatic heterocycles. The molecule has 0 atom stereocenters. The Morgan fingerprint density at radius 3 is 2.36 bits per heavy atom. The average Bonchev–Trinajstić information content (AvgIpc) is 1.93. The van der Waals surface area contributed by atoms with E-state index in [1.54, 1.807) is 12.1 Å². The van der Waals surface area contributed by atoms with E-state index in [2.05, 4.69) is 6.58 Å². The minimum atomic E-state index is 0.107. The van der Waals surface area contributed by atoms with Gasteiger partial charge in [-0.25, -0.2) is 0 Å². The highest BCUT2D eigenvalue weighted by atomic mass is 35.5. The summed E-state index contributed by atoms with van der Waals surface area (Å²) in [6.45, 7) is 3.35. The highest BCUT2D eigenvalue weighted by Gasteiger charge is 1.93. The van der Waals surface area contributed by atoms with Crippen LogP contribution >= 0.6 is 11.6 Å². The number of aromatic hydroxyl groups is 1. The van der Waals surface area contributed by atoms with Crippen molar-refractivity contribution in [3.63, 3.8) is 0 Å². The maximum atomic E-state index is 8.88. The number of benzene rings is 1. The van der Waals surface area contributed by atoms with Crippen LogP contribution in [0.4, 0.5) is 0 Å². The SMILES string of the molecule is C=C(Cl)Oc1ccc(O)cc1. The van der Waals surface area contributed by atoms with Gasteiger partial charge in [-0.15, -0.1) is 0 Å². The van der Waals surface area contributed by atoms with Crippen molar-refractivity contribution in [3.05, 3.63) is 36.1 Å². The Hall–Kier alpha value is -1.15. The smallest absolute Gasteiger partial charge is 0.186 e. The Bertz CT molecular complexity index is 253. The Labute approximate surface area is 69.7 Å². The number of halogens is 1. The van der Waals surface area contributed by atoms with Gasteiger partial charge < -0.3 is 9.84 Å². The molecule has 0 aliphatic rings. The number of hydrogen-bond acceptors (Lipinski definition) is 2. The van der Waals surface area contributed by atoms with Gasteiger partial charge in [0.1, 0.15) is 11.5 Å². The first-order valence-electron chi connectivity index (χ1n) is 3.00. The van der Waals surface area contributed by atoms with Crippen molar-refractivity contribution < 1.29 is 9.84 Å². The lowest BCUT2D eigenvalue weighted by molar-refractivity contribution is 0.455. The van der Waals surface area contributed by atoms with Gasteiger partial charge in [0.25, 0.3) is 0 Å². The van der Waals surface area contributed by atoms with Crippen molar-refractivity contribution in [2.45, 2.75) is 0 Å². The van der Waals surface area contributed by atoms with Crippen LogP contribution in [0.2, 0.25) is 0 Å². The van der Waals surface area contributed by atoms with Gasteiger partial charge in [0.15, 0.2) is 5.22 Å². The molecule has 2 nitrogen and oxygen atoms in total. The Balaban J connectivity index is 2.74. The number of ether oxygens (including phenoxy) is 1. The van der Waals surface area contributed by atoms with Crippen LogP contribution in [-0.2, 0) is 0 Å². The second-order valence-corrected chi connectivity index (χ2v) is 2.37. The lowest BCUT2D eigenvalue weighted by Gasteiger charge is -2.01. The minimum absolute atomic E-state index is 0.107. The molecule has 1 N–H and O–H groups in total. The van der Waals surface area contributed by atoms with Gasteiger partial charge in [0.2, 0.25) is 0 Å².